The molecule has 1 saturated heterocycles. The van der Waals surface area contributed by atoms with Crippen molar-refractivity contribution >= 4 is 5.97 Å². The average molecular weight is 272 g/mol. The first-order chi connectivity index (χ1) is 9.13. The van der Waals surface area contributed by atoms with Crippen molar-refractivity contribution in [1.82, 2.24) is 0 Å². The second-order valence-electron chi connectivity index (χ2n) is 4.85. The standard InChI is InChI=1S/C13H20O6/c1-2-3-4-5-6-9-17-7-8(18-9)12-10(14)11(15)13(16)19-12/h8-9,12,14-15H,2-7H2,1H3/t8-,9+,12+/m0/s1. The molecule has 0 aromatic carbocycles. The number of carbonyl (C=O) groups is 1. The van der Waals surface area contributed by atoms with Gasteiger partial charge in [0.15, 0.2) is 18.2 Å². The third kappa shape index (κ3) is 3.19. The van der Waals surface area contributed by atoms with E-state index in [-0.39, 0.29) is 12.9 Å². The fourth-order valence-corrected chi connectivity index (χ4v) is 2.24. The van der Waals surface area contributed by atoms with E-state index in [1.54, 1.807) is 0 Å². The molecule has 0 aromatic heterocycles. The number of rotatable bonds is 6. The van der Waals surface area contributed by atoms with Gasteiger partial charge >= 0.3 is 5.97 Å². The number of unbranched alkanes of at least 4 members (excludes halogenated alkanes) is 3. The second kappa shape index (κ2) is 6.25. The highest BCUT2D eigenvalue weighted by Gasteiger charge is 2.44. The predicted molar refractivity (Wildman–Crippen MR) is 65.5 cm³/mol. The maximum atomic E-state index is 11.1. The van der Waals surface area contributed by atoms with Crippen molar-refractivity contribution in [3.8, 4) is 0 Å². The van der Waals surface area contributed by atoms with E-state index >= 15 is 0 Å². The summed E-state index contributed by atoms with van der Waals surface area (Å²) in [7, 11) is 0. The highest BCUT2D eigenvalue weighted by molar-refractivity contribution is 5.89. The number of cyclic esters (lactones) is 1. The maximum absolute atomic E-state index is 11.1. The van der Waals surface area contributed by atoms with Gasteiger partial charge in [-0.25, -0.2) is 4.79 Å². The fraction of sp³-hybridized carbons (Fsp3) is 0.769. The van der Waals surface area contributed by atoms with Gasteiger partial charge in [-0.1, -0.05) is 26.2 Å². The highest BCUT2D eigenvalue weighted by atomic mass is 16.7. The van der Waals surface area contributed by atoms with Gasteiger partial charge in [-0.15, -0.1) is 0 Å². The van der Waals surface area contributed by atoms with Crippen LogP contribution in [0.25, 0.3) is 0 Å². The molecular formula is C13H20O6. The van der Waals surface area contributed by atoms with Crippen LogP contribution in [0.1, 0.15) is 39.0 Å². The zero-order valence-electron chi connectivity index (χ0n) is 11.0. The summed E-state index contributed by atoms with van der Waals surface area (Å²) in [5.41, 5.74) is 0. The number of hydrogen-bond acceptors (Lipinski definition) is 6. The summed E-state index contributed by atoms with van der Waals surface area (Å²) >= 11 is 0. The first-order valence-electron chi connectivity index (χ1n) is 6.73. The van der Waals surface area contributed by atoms with Crippen LogP contribution in [0.15, 0.2) is 11.5 Å². The Morgan fingerprint density at radius 3 is 2.68 bits per heavy atom. The molecule has 108 valence electrons. The summed E-state index contributed by atoms with van der Waals surface area (Å²) in [4.78, 5) is 11.1. The Morgan fingerprint density at radius 2 is 2.05 bits per heavy atom. The SMILES string of the molecule is CCCCCC[C@@H]1OC[C@@H]([C@H]2OC(=O)C(O)=C2O)O1. The summed E-state index contributed by atoms with van der Waals surface area (Å²) < 4.78 is 15.9. The minimum atomic E-state index is -0.951. The molecule has 19 heavy (non-hydrogen) atoms. The lowest BCUT2D eigenvalue weighted by Gasteiger charge is -2.16. The Kier molecular flexibility index (Phi) is 4.66. The third-order valence-corrected chi connectivity index (χ3v) is 3.34. The average Bonchev–Trinajstić information content (AvgIpc) is 2.96. The molecule has 0 saturated carbocycles. The monoisotopic (exact) mass is 272 g/mol. The Hall–Kier alpha value is -1.27. The number of carbonyl (C=O) groups excluding carboxylic acids is 1. The van der Waals surface area contributed by atoms with Gasteiger partial charge in [-0.2, -0.15) is 0 Å². The molecule has 0 radical (unpaired) electrons. The van der Waals surface area contributed by atoms with Gasteiger partial charge in [0.25, 0.3) is 0 Å². The van der Waals surface area contributed by atoms with Crippen LogP contribution in [0.5, 0.6) is 0 Å². The van der Waals surface area contributed by atoms with Crippen molar-refractivity contribution < 1.29 is 29.2 Å². The molecule has 2 heterocycles. The summed E-state index contributed by atoms with van der Waals surface area (Å²) in [6, 6.07) is 0. The van der Waals surface area contributed by atoms with Gasteiger partial charge in [0.1, 0.15) is 6.10 Å². The summed E-state index contributed by atoms with van der Waals surface area (Å²) in [6.45, 7) is 2.39. The van der Waals surface area contributed by atoms with Gasteiger partial charge in [0.2, 0.25) is 5.76 Å². The third-order valence-electron chi connectivity index (χ3n) is 3.34. The molecule has 0 aliphatic carbocycles. The Balaban J connectivity index is 1.78. The molecule has 6 nitrogen and oxygen atoms in total. The molecule has 0 amide bonds. The quantitative estimate of drug-likeness (QED) is 0.568. The molecule has 0 unspecified atom stereocenters. The molecule has 2 N–H and O–H groups in total. The van der Waals surface area contributed by atoms with E-state index in [1.807, 2.05) is 0 Å². The smallest absolute Gasteiger partial charge is 0.377 e. The molecule has 2 rings (SSSR count). The first kappa shape index (κ1) is 14.1. The Labute approximate surface area is 112 Å². The molecule has 3 atom stereocenters. The van der Waals surface area contributed by atoms with Crippen LogP contribution in [0, 0.1) is 0 Å². The number of ether oxygens (including phenoxy) is 3. The molecule has 2 aliphatic heterocycles. The lowest BCUT2D eigenvalue weighted by atomic mass is 10.1. The molecule has 0 aromatic rings. The molecule has 1 fully saturated rings. The van der Waals surface area contributed by atoms with Crippen LogP contribution in [0.4, 0.5) is 0 Å². The number of esters is 1. The number of hydrogen-bond donors (Lipinski definition) is 2. The predicted octanol–water partition coefficient (Wildman–Crippen LogP) is 1.95. The maximum Gasteiger partial charge on any atom is 0.377 e. The van der Waals surface area contributed by atoms with E-state index in [9.17, 15) is 15.0 Å². The fourth-order valence-electron chi connectivity index (χ4n) is 2.24. The lowest BCUT2D eigenvalue weighted by Crippen LogP contribution is -2.31. The van der Waals surface area contributed by atoms with Gasteiger partial charge in [-0.05, 0) is 12.8 Å². The second-order valence-corrected chi connectivity index (χ2v) is 4.85. The van der Waals surface area contributed by atoms with E-state index in [0.717, 1.165) is 19.3 Å². The minimum Gasteiger partial charge on any atom is -0.505 e. The first-order valence-corrected chi connectivity index (χ1v) is 6.73. The molecule has 0 bridgehead atoms. The van der Waals surface area contributed by atoms with Gasteiger partial charge in [0.05, 0.1) is 6.61 Å². The molecule has 2 aliphatic rings. The summed E-state index contributed by atoms with van der Waals surface area (Å²) in [6.07, 6.45) is 3.47. The van der Waals surface area contributed by atoms with Crippen molar-refractivity contribution in [2.45, 2.75) is 57.5 Å². The largest absolute Gasteiger partial charge is 0.505 e. The lowest BCUT2D eigenvalue weighted by molar-refractivity contribution is -0.149. The van der Waals surface area contributed by atoms with E-state index in [2.05, 4.69) is 6.92 Å². The van der Waals surface area contributed by atoms with Crippen LogP contribution in [0.2, 0.25) is 0 Å². The summed E-state index contributed by atoms with van der Waals surface area (Å²) in [5.74, 6) is -2.12. The minimum absolute atomic E-state index is 0.244. The normalized spacial score (nSPS) is 31.0. The highest BCUT2D eigenvalue weighted by Crippen LogP contribution is 2.28. The van der Waals surface area contributed by atoms with Crippen LogP contribution < -0.4 is 0 Å². The van der Waals surface area contributed by atoms with Gasteiger partial charge in [-0.3, -0.25) is 0 Å². The van der Waals surface area contributed by atoms with Gasteiger partial charge < -0.3 is 24.4 Å². The summed E-state index contributed by atoms with van der Waals surface area (Å²) in [5, 5.41) is 18.8. The van der Waals surface area contributed by atoms with E-state index in [0.29, 0.717) is 0 Å². The van der Waals surface area contributed by atoms with E-state index in [1.165, 1.54) is 12.8 Å². The van der Waals surface area contributed by atoms with Crippen LogP contribution >= 0.6 is 0 Å². The topological polar surface area (TPSA) is 85.2 Å². The Morgan fingerprint density at radius 1 is 1.26 bits per heavy atom. The number of aliphatic hydroxyl groups is 2. The van der Waals surface area contributed by atoms with Gasteiger partial charge in [0, 0.05) is 0 Å². The van der Waals surface area contributed by atoms with Crippen molar-refractivity contribution in [3.63, 3.8) is 0 Å². The molecular weight excluding hydrogens is 252 g/mol. The van der Waals surface area contributed by atoms with E-state index in [4.69, 9.17) is 14.2 Å². The molecule has 6 heteroatoms. The van der Waals surface area contributed by atoms with Crippen molar-refractivity contribution in [1.29, 1.82) is 0 Å². The van der Waals surface area contributed by atoms with Crippen LogP contribution in [-0.2, 0) is 19.0 Å². The van der Waals surface area contributed by atoms with Crippen molar-refractivity contribution in [2.24, 2.45) is 0 Å². The zero-order valence-corrected chi connectivity index (χ0v) is 11.0. The number of aliphatic hydroxyl groups excluding tert-OH is 2. The van der Waals surface area contributed by atoms with Crippen LogP contribution in [0.3, 0.4) is 0 Å². The molecule has 0 spiro atoms. The van der Waals surface area contributed by atoms with Crippen molar-refractivity contribution in [3.05, 3.63) is 11.5 Å². The van der Waals surface area contributed by atoms with E-state index < -0.39 is 29.7 Å². The van der Waals surface area contributed by atoms with Crippen molar-refractivity contribution in [2.75, 3.05) is 6.61 Å². The Bertz CT molecular complexity index is 364. The van der Waals surface area contributed by atoms with Crippen LogP contribution in [-0.4, -0.2) is 41.3 Å². The zero-order chi connectivity index (χ0) is 13.8.